The van der Waals surface area contributed by atoms with Crippen molar-refractivity contribution in [3.63, 3.8) is 0 Å². The van der Waals surface area contributed by atoms with Gasteiger partial charge in [0.25, 0.3) is 0 Å². The molecule has 0 aromatic heterocycles. The van der Waals surface area contributed by atoms with Crippen molar-refractivity contribution in [2.75, 3.05) is 6.61 Å². The van der Waals surface area contributed by atoms with Gasteiger partial charge in [-0.3, -0.25) is 0 Å². The highest BCUT2D eigenvalue weighted by molar-refractivity contribution is 8.00. The number of thioether (sulfide) groups is 1. The van der Waals surface area contributed by atoms with Crippen molar-refractivity contribution in [3.05, 3.63) is 65.2 Å². The number of aliphatic hydroxyl groups excluding tert-OH is 4. The monoisotopic (exact) mass is 390 g/mol. The van der Waals surface area contributed by atoms with Crippen LogP contribution in [0.4, 0.5) is 0 Å². The Balaban J connectivity index is 1.82. The Morgan fingerprint density at radius 1 is 0.852 bits per heavy atom. The molecule has 1 saturated heterocycles. The van der Waals surface area contributed by atoms with Crippen LogP contribution in [0.2, 0.25) is 0 Å². The summed E-state index contributed by atoms with van der Waals surface area (Å²) in [6.45, 7) is 1.82. The number of para-hydroxylation sites is 1. The summed E-state index contributed by atoms with van der Waals surface area (Å²) in [7, 11) is 0. The first kappa shape index (κ1) is 20.2. The lowest BCUT2D eigenvalue weighted by Gasteiger charge is -2.39. The van der Waals surface area contributed by atoms with Crippen LogP contribution in [0.5, 0.6) is 5.75 Å². The van der Waals surface area contributed by atoms with Crippen molar-refractivity contribution in [2.45, 2.75) is 48.8 Å². The van der Waals surface area contributed by atoms with Crippen LogP contribution in [0.15, 0.2) is 48.5 Å². The topological polar surface area (TPSA) is 90.2 Å². The van der Waals surface area contributed by atoms with Crippen LogP contribution in [0.1, 0.15) is 23.6 Å². The number of rotatable bonds is 6. The number of aryl methyl sites for hydroxylation is 1. The minimum Gasteiger partial charge on any atom is -0.477 e. The molecule has 5 atom stereocenters. The van der Waals surface area contributed by atoms with Crippen molar-refractivity contribution < 1.29 is 25.2 Å². The van der Waals surface area contributed by atoms with Gasteiger partial charge in [0.2, 0.25) is 0 Å². The molecule has 0 aliphatic carbocycles. The molecule has 2 aromatic rings. The molecule has 0 bridgehead atoms. The molecule has 0 unspecified atom stereocenters. The van der Waals surface area contributed by atoms with E-state index >= 15 is 0 Å². The van der Waals surface area contributed by atoms with Crippen LogP contribution in [0.25, 0.3) is 0 Å². The lowest BCUT2D eigenvalue weighted by Crippen LogP contribution is -2.55. The second-order valence-corrected chi connectivity index (χ2v) is 8.06. The zero-order valence-electron chi connectivity index (χ0n) is 15.2. The van der Waals surface area contributed by atoms with Gasteiger partial charge in [0, 0.05) is 6.42 Å². The number of aliphatic hydroxyl groups is 4. The van der Waals surface area contributed by atoms with Gasteiger partial charge < -0.3 is 25.2 Å². The van der Waals surface area contributed by atoms with Gasteiger partial charge in [-0.05, 0) is 29.2 Å². The largest absolute Gasteiger partial charge is 0.477 e. The van der Waals surface area contributed by atoms with Crippen molar-refractivity contribution >= 4 is 11.8 Å². The first-order chi connectivity index (χ1) is 13.0. The molecule has 1 heterocycles. The third kappa shape index (κ3) is 4.47. The summed E-state index contributed by atoms with van der Waals surface area (Å²) in [5.41, 5.74) is 2.70. The second kappa shape index (κ2) is 9.08. The smallest absolute Gasteiger partial charge is 0.173 e. The van der Waals surface area contributed by atoms with Crippen molar-refractivity contribution in [1.29, 1.82) is 0 Å². The fourth-order valence-corrected chi connectivity index (χ4v) is 4.57. The minimum absolute atomic E-state index is 0.305. The van der Waals surface area contributed by atoms with Gasteiger partial charge in [0.15, 0.2) is 5.44 Å². The second-order valence-electron chi connectivity index (χ2n) is 6.72. The summed E-state index contributed by atoms with van der Waals surface area (Å²) in [5, 5.41) is 39.1. The first-order valence-electron chi connectivity index (χ1n) is 9.17. The van der Waals surface area contributed by atoms with E-state index in [1.165, 1.54) is 11.1 Å². The van der Waals surface area contributed by atoms with Gasteiger partial charge in [0.05, 0.1) is 18.0 Å². The summed E-state index contributed by atoms with van der Waals surface area (Å²) in [4.78, 5) is 0. The first-order valence-corrected chi connectivity index (χ1v) is 10.1. The SMILES string of the molecule is CCc1ccccc1Cc1ccccc1O[C@@H]1S[C@H](CO)[C@@H](O)[C@H](O)[C@H]1O. The standard InChI is InChI=1S/C21H26O5S/c1-2-13-7-3-4-8-14(13)11-15-9-5-6-10-16(15)26-21-20(25)19(24)18(23)17(12-22)27-21/h3-10,17-25H,2,11-12H2,1H3/t17-,18-,19+,20-,21-/m1/s1. The molecule has 5 nitrogen and oxygen atoms in total. The molecule has 0 radical (unpaired) electrons. The lowest BCUT2D eigenvalue weighted by molar-refractivity contribution is -0.0910. The van der Waals surface area contributed by atoms with E-state index in [0.29, 0.717) is 12.2 Å². The predicted molar refractivity (Wildman–Crippen MR) is 106 cm³/mol. The molecule has 0 amide bonds. The average molecular weight is 391 g/mol. The van der Waals surface area contributed by atoms with Gasteiger partial charge in [-0.1, -0.05) is 49.4 Å². The van der Waals surface area contributed by atoms with Crippen LogP contribution in [0, 0.1) is 0 Å². The van der Waals surface area contributed by atoms with Crippen LogP contribution in [-0.2, 0) is 12.8 Å². The molecule has 0 spiro atoms. The van der Waals surface area contributed by atoms with Gasteiger partial charge in [-0.15, -0.1) is 11.8 Å². The van der Waals surface area contributed by atoms with Crippen molar-refractivity contribution in [1.82, 2.24) is 0 Å². The Labute approximate surface area is 163 Å². The molecule has 3 rings (SSSR count). The Hall–Kier alpha value is -1.57. The van der Waals surface area contributed by atoms with E-state index in [4.69, 9.17) is 4.74 Å². The Bertz CT molecular complexity index is 751. The highest BCUT2D eigenvalue weighted by atomic mass is 32.2. The average Bonchev–Trinajstić information content (AvgIpc) is 2.70. The fourth-order valence-electron chi connectivity index (χ4n) is 3.33. The zero-order chi connectivity index (χ0) is 19.4. The van der Waals surface area contributed by atoms with Crippen LogP contribution < -0.4 is 4.74 Å². The maximum atomic E-state index is 10.3. The van der Waals surface area contributed by atoms with Gasteiger partial charge in [0.1, 0.15) is 18.0 Å². The molecule has 2 aromatic carbocycles. The molecule has 27 heavy (non-hydrogen) atoms. The summed E-state index contributed by atoms with van der Waals surface area (Å²) < 4.78 is 6.03. The minimum atomic E-state index is -1.36. The molecule has 0 saturated carbocycles. The van der Waals surface area contributed by atoms with Crippen molar-refractivity contribution in [3.8, 4) is 5.75 Å². The third-order valence-corrected chi connectivity index (χ3v) is 6.37. The van der Waals surface area contributed by atoms with Crippen LogP contribution in [-0.4, -0.2) is 56.0 Å². The van der Waals surface area contributed by atoms with E-state index < -0.39 is 29.0 Å². The van der Waals surface area contributed by atoms with Crippen LogP contribution >= 0.6 is 11.8 Å². The molecule has 1 fully saturated rings. The molecule has 6 heteroatoms. The Morgan fingerprint density at radius 2 is 1.48 bits per heavy atom. The van der Waals surface area contributed by atoms with E-state index in [2.05, 4.69) is 19.1 Å². The van der Waals surface area contributed by atoms with Gasteiger partial charge in [-0.25, -0.2) is 0 Å². The van der Waals surface area contributed by atoms with E-state index in [0.717, 1.165) is 23.7 Å². The van der Waals surface area contributed by atoms with Crippen molar-refractivity contribution in [2.24, 2.45) is 0 Å². The number of hydrogen-bond donors (Lipinski definition) is 4. The maximum Gasteiger partial charge on any atom is 0.173 e. The number of ether oxygens (including phenoxy) is 1. The molecule has 1 aliphatic heterocycles. The third-order valence-electron chi connectivity index (χ3n) is 4.94. The summed E-state index contributed by atoms with van der Waals surface area (Å²) in [6, 6.07) is 15.9. The van der Waals surface area contributed by atoms with Crippen LogP contribution in [0.3, 0.4) is 0 Å². The van der Waals surface area contributed by atoms with E-state index in [1.807, 2.05) is 36.4 Å². The highest BCUT2D eigenvalue weighted by Gasteiger charge is 2.44. The molecular weight excluding hydrogens is 364 g/mol. The Morgan fingerprint density at radius 3 is 2.15 bits per heavy atom. The maximum absolute atomic E-state index is 10.3. The number of benzene rings is 2. The number of hydrogen-bond acceptors (Lipinski definition) is 6. The molecule has 146 valence electrons. The quantitative estimate of drug-likeness (QED) is 0.601. The molecular formula is C21H26O5S. The van der Waals surface area contributed by atoms with E-state index in [9.17, 15) is 20.4 Å². The highest BCUT2D eigenvalue weighted by Crippen LogP contribution is 2.35. The fraction of sp³-hybridized carbons (Fsp3) is 0.429. The normalized spacial score (nSPS) is 28.1. The van der Waals surface area contributed by atoms with Gasteiger partial charge >= 0.3 is 0 Å². The summed E-state index contributed by atoms with van der Waals surface area (Å²) in [6.07, 6.45) is -2.16. The summed E-state index contributed by atoms with van der Waals surface area (Å²) in [5.74, 6) is 0.625. The van der Waals surface area contributed by atoms with E-state index in [1.54, 1.807) is 0 Å². The van der Waals surface area contributed by atoms with Gasteiger partial charge in [-0.2, -0.15) is 0 Å². The summed E-state index contributed by atoms with van der Waals surface area (Å²) >= 11 is 1.14. The zero-order valence-corrected chi connectivity index (χ0v) is 16.0. The molecule has 4 N–H and O–H groups in total. The lowest BCUT2D eigenvalue weighted by atomic mass is 9.98. The predicted octanol–water partition coefficient (Wildman–Crippen LogP) is 1.74. The van der Waals surface area contributed by atoms with E-state index in [-0.39, 0.29) is 6.61 Å². The Kier molecular flexibility index (Phi) is 6.78. The molecule has 1 aliphatic rings.